The zero-order chi connectivity index (χ0) is 32.4. The summed E-state index contributed by atoms with van der Waals surface area (Å²) in [4.78, 5) is 42.4. The lowest BCUT2D eigenvalue weighted by Crippen LogP contribution is -2.27. The number of carbonyl (C=O) groups excluding carboxylic acids is 2. The van der Waals surface area contributed by atoms with Crippen LogP contribution in [0.4, 0.5) is 36.7 Å². The number of halogens is 4. The van der Waals surface area contributed by atoms with Gasteiger partial charge in [0.05, 0.1) is 11.3 Å². The molecule has 0 saturated carbocycles. The molecule has 12 nitrogen and oxygen atoms in total. The highest BCUT2D eigenvalue weighted by atomic mass is 35.5. The van der Waals surface area contributed by atoms with Crippen molar-refractivity contribution in [3.8, 4) is 11.3 Å². The predicted molar refractivity (Wildman–Crippen MR) is 166 cm³/mol. The van der Waals surface area contributed by atoms with Crippen molar-refractivity contribution in [3.63, 3.8) is 0 Å². The number of likely N-dealkylation sites (tertiary alicyclic amines) is 2. The minimum Gasteiger partial charge on any atom is -0.370 e. The number of rotatable bonds is 11. The number of anilines is 4. The summed E-state index contributed by atoms with van der Waals surface area (Å²) in [5.74, 6) is 1.42. The monoisotopic (exact) mass is 648 g/mol. The van der Waals surface area contributed by atoms with Gasteiger partial charge in [-0.3, -0.25) is 9.59 Å². The Bertz CT molecular complexity index is 1460. The van der Waals surface area contributed by atoms with Crippen molar-refractivity contribution in [1.82, 2.24) is 29.7 Å². The molecule has 0 unspecified atom stereocenters. The fourth-order valence-corrected chi connectivity index (χ4v) is 5.22. The number of aromatic nitrogens is 4. The van der Waals surface area contributed by atoms with Gasteiger partial charge in [0.15, 0.2) is 0 Å². The number of hydrogen-bond acceptors (Lipinski definition) is 10. The lowest BCUT2D eigenvalue weighted by atomic mass is 10.0. The number of amides is 2. The SMILES string of the molecule is Nc1nc(Cl)cc(NCCCN2CCCC2=O)n1.Nc1nc(NCCCN2CCCC2=O)cc(-c2ccccc2C(F)(F)F)n1. The molecule has 45 heavy (non-hydrogen) atoms. The number of alkyl halides is 3. The van der Waals surface area contributed by atoms with Crippen LogP contribution < -0.4 is 22.1 Å². The Morgan fingerprint density at radius 1 is 0.800 bits per heavy atom. The first-order valence-corrected chi connectivity index (χ1v) is 15.0. The fraction of sp³-hybridized carbons (Fsp3) is 0.448. The van der Waals surface area contributed by atoms with Gasteiger partial charge in [-0.05, 0) is 31.7 Å². The molecule has 2 aromatic heterocycles. The van der Waals surface area contributed by atoms with E-state index in [9.17, 15) is 22.8 Å². The van der Waals surface area contributed by atoms with Crippen LogP contribution in [0.15, 0.2) is 36.4 Å². The molecule has 5 rings (SSSR count). The van der Waals surface area contributed by atoms with Gasteiger partial charge in [-0.25, -0.2) is 9.97 Å². The third kappa shape index (κ3) is 10.1. The van der Waals surface area contributed by atoms with Gasteiger partial charge in [0.1, 0.15) is 16.8 Å². The Labute approximate surface area is 263 Å². The highest BCUT2D eigenvalue weighted by molar-refractivity contribution is 6.29. The molecule has 6 N–H and O–H groups in total. The molecule has 0 bridgehead atoms. The van der Waals surface area contributed by atoms with Gasteiger partial charge < -0.3 is 31.9 Å². The van der Waals surface area contributed by atoms with Crippen LogP contribution in [0.5, 0.6) is 0 Å². The standard InChI is InChI=1S/C18H20F3N5O.C11H16ClN5O/c19-18(20,21)13-6-2-1-5-12(13)14-11-15(25-17(22)24-14)23-8-4-10-26-9-3-7-16(26)27;12-8-7-9(16-11(13)15-8)14-4-2-6-17-5-1-3-10(17)18/h1-2,5-6,11H,3-4,7-10H2,(H3,22,23,24,25);7H,1-6H2,(H3,13,14,15,16). The Morgan fingerprint density at radius 3 is 1.84 bits per heavy atom. The van der Waals surface area contributed by atoms with Gasteiger partial charge in [0.25, 0.3) is 0 Å². The number of hydrogen-bond donors (Lipinski definition) is 4. The van der Waals surface area contributed by atoms with Crippen molar-refractivity contribution in [2.75, 3.05) is 61.4 Å². The van der Waals surface area contributed by atoms with Crippen molar-refractivity contribution >= 4 is 46.9 Å². The second-order valence-corrected chi connectivity index (χ2v) is 10.9. The molecule has 1 aromatic carbocycles. The normalized spacial score (nSPS) is 14.8. The molecular formula is C29H36ClF3N10O2. The minimum atomic E-state index is -4.49. The molecule has 2 amide bonds. The Kier molecular flexibility index (Phi) is 11.6. The topological polar surface area (TPSA) is 168 Å². The van der Waals surface area contributed by atoms with Crippen LogP contribution in [0, 0.1) is 0 Å². The number of nitrogens with two attached hydrogens (primary N) is 2. The smallest absolute Gasteiger partial charge is 0.370 e. The van der Waals surface area contributed by atoms with Crippen LogP contribution in [0.3, 0.4) is 0 Å². The fourth-order valence-electron chi connectivity index (χ4n) is 5.03. The first-order chi connectivity index (χ1) is 21.5. The highest BCUT2D eigenvalue weighted by Gasteiger charge is 2.33. The van der Waals surface area contributed by atoms with Crippen molar-refractivity contribution in [1.29, 1.82) is 0 Å². The number of carbonyl (C=O) groups is 2. The molecule has 4 heterocycles. The van der Waals surface area contributed by atoms with Gasteiger partial charge in [-0.2, -0.15) is 23.1 Å². The molecule has 0 radical (unpaired) electrons. The van der Waals surface area contributed by atoms with Crippen LogP contribution in [0.25, 0.3) is 11.3 Å². The van der Waals surface area contributed by atoms with E-state index in [0.717, 1.165) is 51.5 Å². The summed E-state index contributed by atoms with van der Waals surface area (Å²) in [5, 5.41) is 6.47. The summed E-state index contributed by atoms with van der Waals surface area (Å²) in [6.07, 6.45) is 0.216. The summed E-state index contributed by atoms with van der Waals surface area (Å²) in [7, 11) is 0. The molecule has 0 atom stereocenters. The zero-order valence-electron chi connectivity index (χ0n) is 24.6. The molecule has 0 spiro atoms. The van der Waals surface area contributed by atoms with E-state index in [-0.39, 0.29) is 35.0 Å². The van der Waals surface area contributed by atoms with Crippen LogP contribution in [-0.2, 0) is 15.8 Å². The van der Waals surface area contributed by atoms with E-state index in [1.165, 1.54) is 24.3 Å². The van der Waals surface area contributed by atoms with E-state index in [1.807, 2.05) is 4.90 Å². The van der Waals surface area contributed by atoms with Crippen LogP contribution >= 0.6 is 11.6 Å². The molecule has 16 heteroatoms. The largest absolute Gasteiger partial charge is 0.417 e. The summed E-state index contributed by atoms with van der Waals surface area (Å²) < 4.78 is 39.7. The first-order valence-electron chi connectivity index (χ1n) is 14.6. The Morgan fingerprint density at radius 2 is 1.33 bits per heavy atom. The molecular weight excluding hydrogens is 613 g/mol. The van der Waals surface area contributed by atoms with Gasteiger partial charge in [0.2, 0.25) is 23.7 Å². The van der Waals surface area contributed by atoms with Crippen LogP contribution in [0.2, 0.25) is 5.15 Å². The summed E-state index contributed by atoms with van der Waals surface area (Å²) in [6.45, 7) is 4.30. The average molecular weight is 649 g/mol. The number of nitrogen functional groups attached to an aromatic ring is 2. The predicted octanol–water partition coefficient (Wildman–Crippen LogP) is 4.31. The van der Waals surface area contributed by atoms with E-state index >= 15 is 0 Å². The molecule has 2 fully saturated rings. The number of nitrogens with zero attached hydrogens (tertiary/aromatic N) is 6. The van der Waals surface area contributed by atoms with E-state index in [1.54, 1.807) is 11.0 Å². The Hall–Kier alpha value is -4.40. The van der Waals surface area contributed by atoms with Crippen molar-refractivity contribution < 1.29 is 22.8 Å². The Balaban J connectivity index is 0.000000222. The second kappa shape index (κ2) is 15.5. The van der Waals surface area contributed by atoms with Gasteiger partial charge in [-0.15, -0.1) is 0 Å². The minimum absolute atomic E-state index is 0.0511. The molecule has 2 aliphatic rings. The highest BCUT2D eigenvalue weighted by Crippen LogP contribution is 2.36. The lowest BCUT2D eigenvalue weighted by molar-refractivity contribution is -0.137. The van der Waals surface area contributed by atoms with Gasteiger partial charge in [0, 0.05) is 69.8 Å². The van der Waals surface area contributed by atoms with E-state index in [4.69, 9.17) is 23.1 Å². The van der Waals surface area contributed by atoms with Crippen LogP contribution in [0.1, 0.15) is 44.1 Å². The van der Waals surface area contributed by atoms with Crippen molar-refractivity contribution in [2.24, 2.45) is 0 Å². The summed E-state index contributed by atoms with van der Waals surface area (Å²) in [5.41, 5.74) is 10.4. The van der Waals surface area contributed by atoms with Crippen molar-refractivity contribution in [2.45, 2.75) is 44.7 Å². The maximum atomic E-state index is 13.2. The van der Waals surface area contributed by atoms with Crippen molar-refractivity contribution in [3.05, 3.63) is 47.1 Å². The van der Waals surface area contributed by atoms with E-state index in [0.29, 0.717) is 49.1 Å². The lowest BCUT2D eigenvalue weighted by Gasteiger charge is -2.16. The molecule has 2 saturated heterocycles. The first kappa shape index (κ1) is 33.5. The van der Waals surface area contributed by atoms with Gasteiger partial charge in [-0.1, -0.05) is 29.8 Å². The third-order valence-corrected chi connectivity index (χ3v) is 7.32. The summed E-state index contributed by atoms with van der Waals surface area (Å²) in [6, 6.07) is 8.28. The summed E-state index contributed by atoms with van der Waals surface area (Å²) >= 11 is 5.76. The van der Waals surface area contributed by atoms with E-state index in [2.05, 4.69) is 30.6 Å². The molecule has 0 aliphatic carbocycles. The second-order valence-electron chi connectivity index (χ2n) is 10.5. The maximum absolute atomic E-state index is 13.2. The van der Waals surface area contributed by atoms with E-state index < -0.39 is 11.7 Å². The van der Waals surface area contributed by atoms with Crippen LogP contribution in [-0.4, -0.2) is 80.8 Å². The molecule has 2 aliphatic heterocycles. The zero-order valence-corrected chi connectivity index (χ0v) is 25.4. The molecule has 3 aromatic rings. The average Bonchev–Trinajstić information content (AvgIpc) is 3.59. The third-order valence-electron chi connectivity index (χ3n) is 7.13. The maximum Gasteiger partial charge on any atom is 0.417 e. The van der Waals surface area contributed by atoms with Gasteiger partial charge >= 0.3 is 6.18 Å². The number of benzene rings is 1. The molecule has 242 valence electrons. The quantitative estimate of drug-likeness (QED) is 0.174. The number of nitrogens with one attached hydrogen (secondary N) is 2.